The van der Waals surface area contributed by atoms with Crippen molar-refractivity contribution in [3.63, 3.8) is 0 Å². The fraction of sp³-hybridized carbons (Fsp3) is 0. The molecule has 0 fully saturated rings. The van der Waals surface area contributed by atoms with Crippen molar-refractivity contribution < 1.29 is 4.42 Å². The molecule has 0 saturated carbocycles. The van der Waals surface area contributed by atoms with Gasteiger partial charge in [0.25, 0.3) is 0 Å². The van der Waals surface area contributed by atoms with E-state index in [-0.39, 0.29) is 0 Å². The predicted octanol–water partition coefficient (Wildman–Crippen LogP) is 16.3. The summed E-state index contributed by atoms with van der Waals surface area (Å²) in [6.45, 7) is 0. The molecule has 0 amide bonds. The van der Waals surface area contributed by atoms with E-state index < -0.39 is 0 Å². The third-order valence-corrected chi connectivity index (χ3v) is 12.2. The lowest BCUT2D eigenvalue weighted by atomic mass is 9.95. The number of furan rings is 1. The summed E-state index contributed by atoms with van der Waals surface area (Å²) >= 11 is 0. The molecule has 0 aliphatic carbocycles. The van der Waals surface area contributed by atoms with Crippen LogP contribution in [0.3, 0.4) is 0 Å². The topological polar surface area (TPSA) is 21.3 Å². The van der Waals surface area contributed by atoms with E-state index in [1.54, 1.807) is 0 Å². The Hall–Kier alpha value is -8.14. The van der Waals surface area contributed by atoms with Crippen molar-refractivity contribution in [2.45, 2.75) is 0 Å². The van der Waals surface area contributed by atoms with Crippen LogP contribution in [0.1, 0.15) is 0 Å². The van der Waals surface area contributed by atoms with Gasteiger partial charge >= 0.3 is 0 Å². The Morgan fingerprint density at radius 3 is 1.56 bits per heavy atom. The molecule has 0 saturated heterocycles. The van der Waals surface area contributed by atoms with Crippen LogP contribution in [0, 0.1) is 0 Å². The molecule has 0 spiro atoms. The average molecular weight is 779 g/mol. The van der Waals surface area contributed by atoms with Crippen molar-refractivity contribution in [1.82, 2.24) is 4.57 Å². The zero-order chi connectivity index (χ0) is 40.3. The summed E-state index contributed by atoms with van der Waals surface area (Å²) in [5.41, 5.74) is 15.5. The maximum atomic E-state index is 6.77. The summed E-state index contributed by atoms with van der Waals surface area (Å²) in [4.78, 5) is 2.37. The van der Waals surface area contributed by atoms with Crippen LogP contribution in [-0.4, -0.2) is 4.57 Å². The van der Waals surface area contributed by atoms with Gasteiger partial charge in [0.2, 0.25) is 0 Å². The SMILES string of the molecule is c1ccc(-c2ccc(N(c3ccc(-c4ccccc4)cc3)c3ccc4ccc5oc6cccc(-c7cccc8c9ccccc9n(-c9ccccc9)c78)c6c5c4c3)cc2)cc1. The van der Waals surface area contributed by atoms with Gasteiger partial charge in [-0.1, -0.05) is 164 Å². The molecule has 0 unspecified atom stereocenters. The second kappa shape index (κ2) is 14.3. The van der Waals surface area contributed by atoms with Crippen LogP contribution < -0.4 is 4.90 Å². The van der Waals surface area contributed by atoms with Crippen LogP contribution in [0.2, 0.25) is 0 Å². The highest BCUT2D eigenvalue weighted by Gasteiger charge is 2.22. The molecule has 3 nitrogen and oxygen atoms in total. The van der Waals surface area contributed by atoms with Gasteiger partial charge in [-0.25, -0.2) is 0 Å². The van der Waals surface area contributed by atoms with E-state index >= 15 is 0 Å². The van der Waals surface area contributed by atoms with Crippen LogP contribution in [0.15, 0.2) is 235 Å². The molecule has 2 heterocycles. The summed E-state index contributed by atoms with van der Waals surface area (Å²) in [5.74, 6) is 0. The van der Waals surface area contributed by atoms with Crippen molar-refractivity contribution in [1.29, 1.82) is 0 Å². The number of hydrogen-bond donors (Lipinski definition) is 0. The highest BCUT2D eigenvalue weighted by Crippen LogP contribution is 2.46. The number of anilines is 3. The maximum Gasteiger partial charge on any atom is 0.136 e. The Morgan fingerprint density at radius 2 is 0.869 bits per heavy atom. The summed E-state index contributed by atoms with van der Waals surface area (Å²) in [6, 6.07) is 82.8. The molecule has 0 atom stereocenters. The summed E-state index contributed by atoms with van der Waals surface area (Å²) in [7, 11) is 0. The zero-order valence-electron chi connectivity index (χ0n) is 33.2. The Kier molecular flexibility index (Phi) is 8.17. The van der Waals surface area contributed by atoms with Crippen molar-refractivity contribution in [3.05, 3.63) is 231 Å². The minimum Gasteiger partial charge on any atom is -0.456 e. The zero-order valence-corrected chi connectivity index (χ0v) is 33.2. The van der Waals surface area contributed by atoms with E-state index in [0.717, 1.165) is 66.6 Å². The molecule has 10 aromatic carbocycles. The molecule has 0 aliphatic heterocycles. The second-order valence-corrected chi connectivity index (χ2v) is 15.7. The van der Waals surface area contributed by atoms with Gasteiger partial charge in [-0.2, -0.15) is 0 Å². The first-order valence-electron chi connectivity index (χ1n) is 20.8. The number of fused-ring (bicyclic) bond motifs is 8. The first-order valence-corrected chi connectivity index (χ1v) is 20.8. The molecule has 0 bridgehead atoms. The second-order valence-electron chi connectivity index (χ2n) is 15.7. The Balaban J connectivity index is 1.08. The molecule has 0 radical (unpaired) electrons. The highest BCUT2D eigenvalue weighted by molar-refractivity contribution is 6.25. The number of benzene rings is 10. The van der Waals surface area contributed by atoms with Crippen molar-refractivity contribution in [3.8, 4) is 39.1 Å². The van der Waals surface area contributed by atoms with Gasteiger partial charge in [-0.05, 0) is 105 Å². The first-order chi connectivity index (χ1) is 30.3. The molecule has 61 heavy (non-hydrogen) atoms. The molecule has 0 N–H and O–H groups in total. The summed E-state index contributed by atoms with van der Waals surface area (Å²) in [6.07, 6.45) is 0. The van der Waals surface area contributed by atoms with E-state index in [9.17, 15) is 0 Å². The Bertz CT molecular complexity index is 3470. The Labute approximate surface area is 353 Å². The number of nitrogens with zero attached hydrogens (tertiary/aromatic N) is 2. The van der Waals surface area contributed by atoms with Gasteiger partial charge in [0.05, 0.1) is 11.0 Å². The normalized spacial score (nSPS) is 11.6. The maximum absolute atomic E-state index is 6.77. The molecule has 12 aromatic rings. The predicted molar refractivity (Wildman–Crippen MR) is 257 cm³/mol. The van der Waals surface area contributed by atoms with E-state index in [0.29, 0.717) is 0 Å². The van der Waals surface area contributed by atoms with E-state index in [2.05, 4.69) is 240 Å². The lowest BCUT2D eigenvalue weighted by molar-refractivity contribution is 0.669. The van der Waals surface area contributed by atoms with Crippen LogP contribution in [0.4, 0.5) is 17.1 Å². The number of para-hydroxylation sites is 3. The third-order valence-electron chi connectivity index (χ3n) is 12.2. The van der Waals surface area contributed by atoms with E-state index in [4.69, 9.17) is 4.42 Å². The molecule has 286 valence electrons. The highest BCUT2D eigenvalue weighted by atomic mass is 16.3. The largest absolute Gasteiger partial charge is 0.456 e. The lowest BCUT2D eigenvalue weighted by Crippen LogP contribution is -2.09. The number of aromatic nitrogens is 1. The standard InChI is InChI=1S/C58H38N2O/c1-4-14-39(15-5-1)41-26-32-45(33-27-41)59(46-34-28-42(29-35-46)40-16-6-2-7-17-40)47-36-30-43-31-37-55-57(52(43)38-47)56-49(21-13-25-54(56)61-55)51-23-12-22-50-48-20-10-11-24-53(48)60(58(50)51)44-18-8-3-9-19-44/h1-38H. The van der Waals surface area contributed by atoms with Crippen LogP contribution in [-0.2, 0) is 0 Å². The molecule has 3 heteroatoms. The molecular formula is C58H38N2O. The van der Waals surface area contributed by atoms with E-state index in [1.807, 2.05) is 0 Å². The number of hydrogen-bond acceptors (Lipinski definition) is 2. The molecule has 12 rings (SSSR count). The van der Waals surface area contributed by atoms with Gasteiger partial charge in [0.15, 0.2) is 0 Å². The van der Waals surface area contributed by atoms with E-state index in [1.165, 1.54) is 44.1 Å². The van der Waals surface area contributed by atoms with Gasteiger partial charge in [-0.3, -0.25) is 0 Å². The molecule has 0 aliphatic rings. The third kappa shape index (κ3) is 5.82. The number of rotatable bonds is 7. The van der Waals surface area contributed by atoms with Gasteiger partial charge in [-0.15, -0.1) is 0 Å². The minimum atomic E-state index is 0.869. The van der Waals surface area contributed by atoms with Crippen LogP contribution in [0.25, 0.3) is 93.6 Å². The first kappa shape index (κ1) is 34.9. The van der Waals surface area contributed by atoms with Crippen LogP contribution >= 0.6 is 0 Å². The Morgan fingerprint density at radius 1 is 0.344 bits per heavy atom. The van der Waals surface area contributed by atoms with Gasteiger partial charge in [0, 0.05) is 49.9 Å². The molecular weight excluding hydrogens is 741 g/mol. The fourth-order valence-corrected chi connectivity index (χ4v) is 9.38. The summed E-state index contributed by atoms with van der Waals surface area (Å²) in [5, 5.41) is 6.98. The lowest BCUT2D eigenvalue weighted by Gasteiger charge is -2.26. The molecule has 2 aromatic heterocycles. The fourth-order valence-electron chi connectivity index (χ4n) is 9.38. The quantitative estimate of drug-likeness (QED) is 0.161. The van der Waals surface area contributed by atoms with Gasteiger partial charge in [0.1, 0.15) is 11.2 Å². The monoisotopic (exact) mass is 778 g/mol. The van der Waals surface area contributed by atoms with Crippen molar-refractivity contribution >= 4 is 71.6 Å². The van der Waals surface area contributed by atoms with Crippen molar-refractivity contribution in [2.75, 3.05) is 4.90 Å². The van der Waals surface area contributed by atoms with Crippen molar-refractivity contribution in [2.24, 2.45) is 0 Å². The smallest absolute Gasteiger partial charge is 0.136 e. The van der Waals surface area contributed by atoms with Gasteiger partial charge < -0.3 is 13.9 Å². The van der Waals surface area contributed by atoms with Crippen LogP contribution in [0.5, 0.6) is 0 Å². The minimum absolute atomic E-state index is 0.869. The summed E-state index contributed by atoms with van der Waals surface area (Å²) < 4.78 is 9.19. The average Bonchev–Trinajstić information content (AvgIpc) is 3.90.